The smallest absolute Gasteiger partial charge is 0.241 e. The van der Waals surface area contributed by atoms with E-state index in [1.54, 1.807) is 14.2 Å². The Balaban J connectivity index is 1.29. The Kier molecular flexibility index (Phi) is 7.47. The fourth-order valence-electron chi connectivity index (χ4n) is 4.30. The molecule has 0 atom stereocenters. The van der Waals surface area contributed by atoms with Gasteiger partial charge >= 0.3 is 0 Å². The van der Waals surface area contributed by atoms with Gasteiger partial charge in [-0.15, -0.1) is 0 Å². The highest BCUT2D eigenvalue weighted by Gasteiger charge is 2.28. The standard InChI is InChI=1S/C26H32N4O4/c1-18-5-7-19(8-6-18)16-29(2)26(31)20-11-13-30(14-12-20)17-24-27-25(28-34-24)21-9-10-22(32-3)23(15-21)33-4/h5-10,15,20H,11-14,16-17H2,1-4H3. The number of aryl methyl sites for hydroxylation is 1. The van der Waals surface area contributed by atoms with Crippen LogP contribution in [0.1, 0.15) is 29.9 Å². The van der Waals surface area contributed by atoms with Gasteiger partial charge in [0.1, 0.15) is 0 Å². The summed E-state index contributed by atoms with van der Waals surface area (Å²) in [6.45, 7) is 4.92. The van der Waals surface area contributed by atoms with Crippen LogP contribution in [0.4, 0.5) is 0 Å². The zero-order chi connectivity index (χ0) is 24.1. The van der Waals surface area contributed by atoms with Gasteiger partial charge in [0.15, 0.2) is 11.5 Å². The number of methoxy groups -OCH3 is 2. The number of hydrogen-bond acceptors (Lipinski definition) is 7. The molecule has 2 aromatic carbocycles. The molecule has 0 N–H and O–H groups in total. The van der Waals surface area contributed by atoms with Gasteiger partial charge in [0.25, 0.3) is 0 Å². The number of ether oxygens (including phenoxy) is 2. The molecule has 34 heavy (non-hydrogen) atoms. The summed E-state index contributed by atoms with van der Waals surface area (Å²) in [6, 6.07) is 13.9. The summed E-state index contributed by atoms with van der Waals surface area (Å²) in [4.78, 5) is 21.6. The Morgan fingerprint density at radius 1 is 1.09 bits per heavy atom. The normalized spacial score (nSPS) is 14.7. The van der Waals surface area contributed by atoms with Crippen LogP contribution in [0.25, 0.3) is 11.4 Å². The van der Waals surface area contributed by atoms with Crippen LogP contribution >= 0.6 is 0 Å². The largest absolute Gasteiger partial charge is 0.493 e. The fourth-order valence-corrected chi connectivity index (χ4v) is 4.30. The molecule has 1 fully saturated rings. The second-order valence-corrected chi connectivity index (χ2v) is 8.81. The zero-order valence-corrected chi connectivity index (χ0v) is 20.3. The average molecular weight is 465 g/mol. The third-order valence-electron chi connectivity index (χ3n) is 6.32. The lowest BCUT2D eigenvalue weighted by Crippen LogP contribution is -2.40. The Labute approximate surface area is 200 Å². The van der Waals surface area contributed by atoms with Gasteiger partial charge in [-0.05, 0) is 56.6 Å². The molecule has 0 saturated carbocycles. The molecule has 1 saturated heterocycles. The predicted molar refractivity (Wildman–Crippen MR) is 128 cm³/mol. The second-order valence-electron chi connectivity index (χ2n) is 8.81. The van der Waals surface area contributed by atoms with E-state index < -0.39 is 0 Å². The molecule has 1 aromatic heterocycles. The first kappa shape index (κ1) is 23.8. The number of benzene rings is 2. The number of amides is 1. The van der Waals surface area contributed by atoms with E-state index in [-0.39, 0.29) is 11.8 Å². The van der Waals surface area contributed by atoms with Crippen molar-refractivity contribution in [2.75, 3.05) is 34.4 Å². The van der Waals surface area contributed by atoms with E-state index in [9.17, 15) is 4.79 Å². The maximum absolute atomic E-state index is 12.9. The minimum atomic E-state index is 0.0525. The van der Waals surface area contributed by atoms with Crippen molar-refractivity contribution in [2.24, 2.45) is 5.92 Å². The molecule has 0 aliphatic carbocycles. The summed E-state index contributed by atoms with van der Waals surface area (Å²) in [7, 11) is 5.09. The van der Waals surface area contributed by atoms with Gasteiger partial charge in [-0.2, -0.15) is 4.98 Å². The van der Waals surface area contributed by atoms with E-state index in [2.05, 4.69) is 46.2 Å². The van der Waals surface area contributed by atoms with Crippen molar-refractivity contribution in [3.63, 3.8) is 0 Å². The molecule has 1 aliphatic heterocycles. The first-order chi connectivity index (χ1) is 16.5. The van der Waals surface area contributed by atoms with Crippen LogP contribution in [0, 0.1) is 12.8 Å². The third-order valence-corrected chi connectivity index (χ3v) is 6.32. The topological polar surface area (TPSA) is 80.9 Å². The van der Waals surface area contributed by atoms with Crippen molar-refractivity contribution in [3.05, 3.63) is 59.5 Å². The van der Waals surface area contributed by atoms with Gasteiger partial charge < -0.3 is 18.9 Å². The molecule has 0 bridgehead atoms. The summed E-state index contributed by atoms with van der Waals surface area (Å²) in [5.74, 6) is 2.61. The number of hydrogen-bond donors (Lipinski definition) is 0. The maximum Gasteiger partial charge on any atom is 0.241 e. The first-order valence-corrected chi connectivity index (χ1v) is 11.5. The van der Waals surface area contributed by atoms with Gasteiger partial charge in [-0.1, -0.05) is 35.0 Å². The van der Waals surface area contributed by atoms with Crippen LogP contribution in [-0.4, -0.2) is 60.2 Å². The van der Waals surface area contributed by atoms with Crippen molar-refractivity contribution in [1.82, 2.24) is 19.9 Å². The van der Waals surface area contributed by atoms with Crippen molar-refractivity contribution in [1.29, 1.82) is 0 Å². The quantitative estimate of drug-likeness (QED) is 0.500. The molecule has 8 heteroatoms. The Morgan fingerprint density at radius 3 is 2.47 bits per heavy atom. The molecule has 8 nitrogen and oxygen atoms in total. The van der Waals surface area contributed by atoms with Crippen LogP contribution in [0.5, 0.6) is 11.5 Å². The lowest BCUT2D eigenvalue weighted by molar-refractivity contribution is -0.136. The number of piperidine rings is 1. The lowest BCUT2D eigenvalue weighted by Gasteiger charge is -2.32. The van der Waals surface area contributed by atoms with Crippen LogP contribution in [0.3, 0.4) is 0 Å². The number of carbonyl (C=O) groups is 1. The number of rotatable bonds is 8. The molecular weight excluding hydrogens is 432 g/mol. The van der Waals surface area contributed by atoms with Crippen molar-refractivity contribution in [2.45, 2.75) is 32.9 Å². The first-order valence-electron chi connectivity index (χ1n) is 11.5. The number of likely N-dealkylation sites (tertiary alicyclic amines) is 1. The zero-order valence-electron chi connectivity index (χ0n) is 20.3. The summed E-state index contributed by atoms with van der Waals surface area (Å²) >= 11 is 0. The van der Waals surface area contributed by atoms with Crippen LogP contribution in [0.2, 0.25) is 0 Å². The number of aromatic nitrogens is 2. The van der Waals surface area contributed by atoms with E-state index in [1.165, 1.54) is 5.56 Å². The summed E-state index contributed by atoms with van der Waals surface area (Å²) in [5.41, 5.74) is 3.18. The van der Waals surface area contributed by atoms with Gasteiger partial charge in [0.05, 0.1) is 20.8 Å². The molecule has 180 valence electrons. The Hall–Kier alpha value is -3.39. The molecule has 0 unspecified atom stereocenters. The molecular formula is C26H32N4O4. The minimum Gasteiger partial charge on any atom is -0.493 e. The van der Waals surface area contributed by atoms with E-state index in [0.29, 0.717) is 36.3 Å². The second kappa shape index (κ2) is 10.7. The Bertz CT molecular complexity index is 1100. The highest BCUT2D eigenvalue weighted by Crippen LogP contribution is 2.31. The van der Waals surface area contributed by atoms with Crippen LogP contribution < -0.4 is 9.47 Å². The van der Waals surface area contributed by atoms with Crippen molar-refractivity contribution in [3.8, 4) is 22.9 Å². The average Bonchev–Trinajstić information content (AvgIpc) is 3.33. The molecule has 1 aliphatic rings. The van der Waals surface area contributed by atoms with E-state index in [0.717, 1.165) is 37.1 Å². The highest BCUT2D eigenvalue weighted by molar-refractivity contribution is 5.78. The molecule has 4 rings (SSSR count). The lowest BCUT2D eigenvalue weighted by atomic mass is 9.95. The van der Waals surface area contributed by atoms with Gasteiger partial charge in [-0.3, -0.25) is 9.69 Å². The number of carbonyl (C=O) groups excluding carboxylic acids is 1. The minimum absolute atomic E-state index is 0.0525. The predicted octanol–water partition coefficient (Wildman–Crippen LogP) is 3.93. The van der Waals surface area contributed by atoms with Gasteiger partial charge in [-0.25, -0.2) is 0 Å². The van der Waals surface area contributed by atoms with E-state index >= 15 is 0 Å². The summed E-state index contributed by atoms with van der Waals surface area (Å²) in [5, 5.41) is 4.12. The SMILES string of the molecule is COc1ccc(-c2noc(CN3CCC(C(=O)N(C)Cc4ccc(C)cc4)CC3)n2)cc1OC. The number of nitrogens with zero attached hydrogens (tertiary/aromatic N) is 4. The van der Waals surface area contributed by atoms with Crippen molar-refractivity contribution >= 4 is 5.91 Å². The fraction of sp³-hybridized carbons (Fsp3) is 0.423. The molecule has 0 spiro atoms. The van der Waals surface area contributed by atoms with Crippen LogP contribution in [-0.2, 0) is 17.9 Å². The van der Waals surface area contributed by atoms with Gasteiger partial charge in [0, 0.05) is 25.1 Å². The molecule has 1 amide bonds. The highest BCUT2D eigenvalue weighted by atomic mass is 16.5. The summed E-state index contributed by atoms with van der Waals surface area (Å²) in [6.07, 6.45) is 1.65. The van der Waals surface area contributed by atoms with Crippen LogP contribution in [0.15, 0.2) is 47.0 Å². The van der Waals surface area contributed by atoms with E-state index in [4.69, 9.17) is 14.0 Å². The molecule has 0 radical (unpaired) electrons. The van der Waals surface area contributed by atoms with Gasteiger partial charge in [0.2, 0.25) is 17.6 Å². The molecule has 3 aromatic rings. The van der Waals surface area contributed by atoms with E-state index in [1.807, 2.05) is 30.1 Å². The monoisotopic (exact) mass is 464 g/mol. The summed E-state index contributed by atoms with van der Waals surface area (Å²) < 4.78 is 16.1. The third kappa shape index (κ3) is 5.56. The Morgan fingerprint density at radius 2 is 1.79 bits per heavy atom. The molecule has 2 heterocycles. The maximum atomic E-state index is 12.9. The van der Waals surface area contributed by atoms with Crippen molar-refractivity contribution < 1.29 is 18.8 Å².